The number of phenols is 1. The van der Waals surface area contributed by atoms with Crippen LogP contribution < -0.4 is 10.6 Å². The molecule has 15 nitrogen and oxygen atoms in total. The van der Waals surface area contributed by atoms with Crippen LogP contribution in [0.15, 0.2) is 47.2 Å². The van der Waals surface area contributed by atoms with Gasteiger partial charge in [-0.2, -0.15) is 13.2 Å². The Hall–Kier alpha value is -5.62. The van der Waals surface area contributed by atoms with E-state index in [0.717, 1.165) is 12.1 Å². The molecule has 0 aliphatic heterocycles. The summed E-state index contributed by atoms with van der Waals surface area (Å²) in [6.45, 7) is 4.21. The van der Waals surface area contributed by atoms with Gasteiger partial charge in [-0.15, -0.1) is 0 Å². The number of carbonyl (C=O) groups excluding carboxylic acids is 5. The highest BCUT2D eigenvalue weighted by molar-refractivity contribution is 6.24. The molecule has 3 aliphatic rings. The van der Waals surface area contributed by atoms with Gasteiger partial charge >= 0.3 is 18.2 Å². The molecule has 2 aromatic carbocycles. The van der Waals surface area contributed by atoms with Crippen LogP contribution >= 0.6 is 0 Å². The average Bonchev–Trinajstić information content (AvgIpc) is 3.09. The van der Waals surface area contributed by atoms with Gasteiger partial charge < -0.3 is 45.4 Å². The third-order valence-corrected chi connectivity index (χ3v) is 10.4. The molecule has 1 fully saturated rings. The molecule has 18 heteroatoms. The van der Waals surface area contributed by atoms with Crippen LogP contribution in [-0.2, 0) is 43.0 Å². The SMILES string of the molecule is CN(C)c1cc(CN(CC(C)(C)C)C(=O)OCOC(=O)c2ccc(C(F)(F)F)cc2)c(O)c2c1C[C@H]1C[C@H]3[C@H](N(C)C)C(=O)C(C(N)=O)=C(O)[C@@]3(O)C(=O)C1=C2O. The van der Waals surface area contributed by atoms with Crippen LogP contribution in [0.1, 0.15) is 59.8 Å². The number of alkyl halides is 3. The predicted molar refractivity (Wildman–Crippen MR) is 197 cm³/mol. The van der Waals surface area contributed by atoms with Gasteiger partial charge in [0.05, 0.1) is 29.3 Å². The summed E-state index contributed by atoms with van der Waals surface area (Å²) in [6.07, 6.45) is -5.68. The highest BCUT2D eigenvalue weighted by Gasteiger charge is 2.64. The summed E-state index contributed by atoms with van der Waals surface area (Å²) in [5, 5.41) is 46.8. The maximum absolute atomic E-state index is 14.3. The molecule has 0 unspecified atom stereocenters. The standard InChI is InChI=1S/C39H45F3N4O11/c1-37(2,3)16-46(36(54)57-17-56-35(53)18-8-10-21(11-9-18)39(40,41)42)15-20-14-24(44(4)5)22-12-19-13-23-28(45(6)7)31(49)27(34(43)52)33(51)38(23,55)32(50)25(19)30(48)26(22)29(20)47/h8-11,14,19,23,28,47-48,51,55H,12-13,15-17H2,1-7H3,(H2,43,52)/t19-,23-,28-,38-/m0/s1. The van der Waals surface area contributed by atoms with Crippen LogP contribution in [0.5, 0.6) is 5.75 Å². The summed E-state index contributed by atoms with van der Waals surface area (Å²) in [6, 6.07) is 3.59. The molecule has 0 radical (unpaired) electrons. The minimum atomic E-state index is -4.61. The van der Waals surface area contributed by atoms with Crippen LogP contribution in [0.25, 0.3) is 5.76 Å². The zero-order valence-electron chi connectivity index (χ0n) is 32.4. The van der Waals surface area contributed by atoms with E-state index < -0.39 is 99.8 Å². The summed E-state index contributed by atoms with van der Waals surface area (Å²) in [5.41, 5.74) is 0.349. The number of carbonyl (C=O) groups is 5. The van der Waals surface area contributed by atoms with Gasteiger partial charge in [-0.1, -0.05) is 20.8 Å². The molecule has 0 saturated heterocycles. The molecule has 0 spiro atoms. The Kier molecular flexibility index (Phi) is 11.2. The minimum Gasteiger partial charge on any atom is -0.508 e. The first-order valence-corrected chi connectivity index (χ1v) is 17.8. The molecule has 2 aromatic rings. The number of amides is 2. The van der Waals surface area contributed by atoms with E-state index in [-0.39, 0.29) is 48.2 Å². The lowest BCUT2D eigenvalue weighted by Gasteiger charge is -2.50. The van der Waals surface area contributed by atoms with Crippen molar-refractivity contribution in [2.75, 3.05) is 46.4 Å². The number of rotatable bonds is 9. The Morgan fingerprint density at radius 1 is 0.982 bits per heavy atom. The summed E-state index contributed by atoms with van der Waals surface area (Å²) in [4.78, 5) is 70.3. The Labute approximate surface area is 325 Å². The molecule has 308 valence electrons. The van der Waals surface area contributed by atoms with Crippen molar-refractivity contribution >= 4 is 41.0 Å². The van der Waals surface area contributed by atoms with Crippen molar-refractivity contribution in [2.45, 2.75) is 58.0 Å². The van der Waals surface area contributed by atoms with Crippen LogP contribution in [0.3, 0.4) is 0 Å². The van der Waals surface area contributed by atoms with Crippen LogP contribution in [0.4, 0.5) is 23.7 Å². The van der Waals surface area contributed by atoms with E-state index in [2.05, 4.69) is 0 Å². The highest BCUT2D eigenvalue weighted by atomic mass is 19.4. The first-order valence-electron chi connectivity index (χ1n) is 17.8. The molecule has 0 bridgehead atoms. The molecular weight excluding hydrogens is 757 g/mol. The van der Waals surface area contributed by atoms with Crippen molar-refractivity contribution in [1.29, 1.82) is 0 Å². The molecule has 6 N–H and O–H groups in total. The quantitative estimate of drug-likeness (QED) is 0.138. The normalized spacial score (nSPS) is 22.1. The molecule has 0 aromatic heterocycles. The second kappa shape index (κ2) is 15.0. The van der Waals surface area contributed by atoms with Crippen molar-refractivity contribution in [3.8, 4) is 5.75 Å². The number of ether oxygens (including phenoxy) is 2. The van der Waals surface area contributed by atoms with E-state index >= 15 is 0 Å². The summed E-state index contributed by atoms with van der Waals surface area (Å²) < 4.78 is 49.0. The first-order chi connectivity index (χ1) is 26.3. The predicted octanol–water partition coefficient (Wildman–Crippen LogP) is 3.85. The topological polar surface area (TPSA) is 220 Å². The van der Waals surface area contributed by atoms with Crippen molar-refractivity contribution < 1.29 is 67.0 Å². The number of Topliss-reactive ketones (excluding diaryl/α,β-unsaturated/α-hetero) is 2. The zero-order valence-corrected chi connectivity index (χ0v) is 32.4. The fraction of sp³-hybridized carbons (Fsp3) is 0.462. The van der Waals surface area contributed by atoms with Crippen LogP contribution in [0, 0.1) is 17.3 Å². The van der Waals surface area contributed by atoms with E-state index in [1.807, 2.05) is 20.8 Å². The number of halogens is 3. The number of aliphatic hydroxyl groups is 3. The van der Waals surface area contributed by atoms with Gasteiger partial charge in [-0.05, 0) is 74.2 Å². The monoisotopic (exact) mass is 802 g/mol. The van der Waals surface area contributed by atoms with Crippen molar-refractivity contribution in [3.63, 3.8) is 0 Å². The highest BCUT2D eigenvalue weighted by Crippen LogP contribution is 2.54. The number of hydrogen-bond donors (Lipinski definition) is 5. The number of hydrogen-bond acceptors (Lipinski definition) is 13. The number of benzene rings is 2. The molecule has 4 atom stereocenters. The number of esters is 1. The number of nitrogens with zero attached hydrogens (tertiary/aromatic N) is 3. The first kappa shape index (κ1) is 42.5. The zero-order chi connectivity index (χ0) is 42.7. The Bertz CT molecular complexity index is 2090. The lowest BCUT2D eigenvalue weighted by molar-refractivity contribution is -0.153. The average molecular weight is 803 g/mol. The van der Waals surface area contributed by atoms with Gasteiger partial charge in [0.1, 0.15) is 22.8 Å². The molecular formula is C39H45F3N4O11. The molecule has 3 aliphatic carbocycles. The Morgan fingerprint density at radius 3 is 2.12 bits per heavy atom. The third-order valence-electron chi connectivity index (χ3n) is 10.4. The van der Waals surface area contributed by atoms with Gasteiger partial charge in [-0.25, -0.2) is 9.59 Å². The van der Waals surface area contributed by atoms with Gasteiger partial charge in [0.25, 0.3) is 5.91 Å². The van der Waals surface area contributed by atoms with E-state index in [0.29, 0.717) is 23.4 Å². The largest absolute Gasteiger partial charge is 0.508 e. The van der Waals surface area contributed by atoms with Gasteiger partial charge in [0, 0.05) is 43.4 Å². The fourth-order valence-corrected chi connectivity index (χ4v) is 7.93. The second-order valence-corrected chi connectivity index (χ2v) is 16.1. The Balaban J connectivity index is 1.49. The number of fused-ring (bicyclic) bond motifs is 3. The summed E-state index contributed by atoms with van der Waals surface area (Å²) >= 11 is 0. The number of likely N-dealkylation sites (N-methyl/N-ethyl adjacent to an activating group) is 1. The number of phenolic OH excluding ortho intramolecular Hbond substituents is 1. The maximum Gasteiger partial charge on any atom is 0.416 e. The van der Waals surface area contributed by atoms with Gasteiger partial charge in [0.2, 0.25) is 12.6 Å². The lowest BCUT2D eigenvalue weighted by atomic mass is 9.57. The summed E-state index contributed by atoms with van der Waals surface area (Å²) in [7, 11) is 6.40. The van der Waals surface area contributed by atoms with Crippen molar-refractivity contribution in [1.82, 2.24) is 9.80 Å². The van der Waals surface area contributed by atoms with Crippen molar-refractivity contribution in [3.05, 3.63) is 75.1 Å². The van der Waals surface area contributed by atoms with E-state index in [9.17, 15) is 57.6 Å². The Morgan fingerprint density at radius 2 is 1.60 bits per heavy atom. The number of nitrogens with two attached hydrogens (primary N) is 1. The molecule has 5 rings (SSSR count). The number of aromatic hydroxyl groups is 1. The molecule has 0 heterocycles. The van der Waals surface area contributed by atoms with Crippen LogP contribution in [0.2, 0.25) is 0 Å². The van der Waals surface area contributed by atoms with Crippen molar-refractivity contribution in [2.24, 2.45) is 23.0 Å². The van der Waals surface area contributed by atoms with E-state index in [1.165, 1.54) is 23.9 Å². The van der Waals surface area contributed by atoms with Crippen LogP contribution in [-0.4, -0.2) is 113 Å². The number of primary amides is 1. The maximum atomic E-state index is 14.3. The van der Waals surface area contributed by atoms with Gasteiger partial charge in [0.15, 0.2) is 11.4 Å². The molecule has 1 saturated carbocycles. The number of anilines is 1. The molecule has 57 heavy (non-hydrogen) atoms. The number of aliphatic hydroxyl groups excluding tert-OH is 2. The van der Waals surface area contributed by atoms with E-state index in [4.69, 9.17) is 15.2 Å². The third kappa shape index (κ3) is 7.75. The molecule has 2 amide bonds. The fourth-order valence-electron chi connectivity index (χ4n) is 7.93. The summed E-state index contributed by atoms with van der Waals surface area (Å²) in [5.74, 6) is -8.97. The number of ketones is 2. The minimum absolute atomic E-state index is 0.0220. The smallest absolute Gasteiger partial charge is 0.416 e. The second-order valence-electron chi connectivity index (χ2n) is 16.1. The lowest BCUT2D eigenvalue weighted by Crippen LogP contribution is -2.65. The van der Waals surface area contributed by atoms with E-state index in [1.54, 1.807) is 25.1 Å². The van der Waals surface area contributed by atoms with Gasteiger partial charge in [-0.3, -0.25) is 19.3 Å².